The average molecular weight is 366 g/mol. The van der Waals surface area contributed by atoms with Crippen molar-refractivity contribution in [2.24, 2.45) is 0 Å². The molecule has 1 N–H and O–H groups in total. The summed E-state index contributed by atoms with van der Waals surface area (Å²) in [5.74, 6) is -0.160. The number of anilines is 1. The minimum atomic E-state index is -0.588. The Balaban J connectivity index is 2.09. The molecule has 9 heteroatoms. The second-order valence-electron chi connectivity index (χ2n) is 7.43. The molecule has 144 valence electrons. The predicted molar refractivity (Wildman–Crippen MR) is 96.3 cm³/mol. The highest BCUT2D eigenvalue weighted by Gasteiger charge is 2.38. The lowest BCUT2D eigenvalue weighted by Crippen LogP contribution is -2.58. The summed E-state index contributed by atoms with van der Waals surface area (Å²) >= 11 is 0. The molecule has 1 saturated heterocycles. The maximum absolute atomic E-state index is 12.2. The third-order valence-corrected chi connectivity index (χ3v) is 4.19. The number of amides is 1. The molecule has 1 amide bonds. The van der Waals surface area contributed by atoms with Gasteiger partial charge in [-0.25, -0.2) is 4.79 Å². The number of pyridine rings is 1. The molecule has 0 atom stereocenters. The highest BCUT2D eigenvalue weighted by atomic mass is 16.6. The minimum absolute atomic E-state index is 0.160. The lowest BCUT2D eigenvalue weighted by Gasteiger charge is -2.42. The second-order valence-corrected chi connectivity index (χ2v) is 7.43. The molecule has 0 saturated carbocycles. The Morgan fingerprint density at radius 1 is 1.42 bits per heavy atom. The van der Waals surface area contributed by atoms with Gasteiger partial charge in [0.15, 0.2) is 0 Å². The summed E-state index contributed by atoms with van der Waals surface area (Å²) in [6, 6.07) is 3.37. The number of aromatic nitrogens is 1. The quantitative estimate of drug-likeness (QED) is 0.630. The van der Waals surface area contributed by atoms with Crippen molar-refractivity contribution < 1.29 is 19.2 Å². The molecule has 1 fully saturated rings. The Bertz CT molecular complexity index is 651. The van der Waals surface area contributed by atoms with E-state index in [1.165, 1.54) is 6.20 Å². The normalized spacial score (nSPS) is 16.8. The molecule has 1 aromatic heterocycles. The first-order chi connectivity index (χ1) is 12.2. The summed E-state index contributed by atoms with van der Waals surface area (Å²) in [5, 5.41) is 14.1. The fourth-order valence-electron chi connectivity index (χ4n) is 3.05. The maximum Gasteiger partial charge on any atom is 0.408 e. The Kier molecular flexibility index (Phi) is 6.01. The first-order valence-electron chi connectivity index (χ1n) is 8.50. The molecule has 0 spiro atoms. The van der Waals surface area contributed by atoms with Crippen LogP contribution >= 0.6 is 0 Å². The van der Waals surface area contributed by atoms with E-state index in [-0.39, 0.29) is 5.82 Å². The van der Waals surface area contributed by atoms with E-state index in [9.17, 15) is 14.9 Å². The highest BCUT2D eigenvalue weighted by Crippen LogP contribution is 2.31. The van der Waals surface area contributed by atoms with Gasteiger partial charge in [-0.3, -0.25) is 0 Å². The number of alkyl carbamates (subject to hydrolysis) is 1. The summed E-state index contributed by atoms with van der Waals surface area (Å²) in [4.78, 5) is 28.7. The molecule has 0 aliphatic carbocycles. The zero-order valence-corrected chi connectivity index (χ0v) is 15.7. The van der Waals surface area contributed by atoms with Crippen LogP contribution in [0, 0.1) is 10.1 Å². The predicted octanol–water partition coefficient (Wildman–Crippen LogP) is 2.50. The van der Waals surface area contributed by atoms with Crippen LogP contribution in [0.25, 0.3) is 0 Å². The SMILES string of the molecule is COCC1(NC(=O)OC(C)(C)C)CCN(c2cccnc2[N+](=O)[O-])CC1. The van der Waals surface area contributed by atoms with Gasteiger partial charge in [-0.2, -0.15) is 0 Å². The van der Waals surface area contributed by atoms with Crippen molar-refractivity contribution in [2.75, 3.05) is 31.7 Å². The summed E-state index contributed by atoms with van der Waals surface area (Å²) in [7, 11) is 1.58. The van der Waals surface area contributed by atoms with Gasteiger partial charge in [0.2, 0.25) is 0 Å². The first kappa shape index (κ1) is 19.9. The molecule has 26 heavy (non-hydrogen) atoms. The molecule has 1 aliphatic heterocycles. The Morgan fingerprint density at radius 2 is 2.08 bits per heavy atom. The molecule has 2 rings (SSSR count). The summed E-state index contributed by atoms with van der Waals surface area (Å²) in [6.07, 6.45) is 2.07. The zero-order valence-electron chi connectivity index (χ0n) is 15.7. The van der Waals surface area contributed by atoms with E-state index in [0.29, 0.717) is 38.2 Å². The Hall–Kier alpha value is -2.42. The first-order valence-corrected chi connectivity index (χ1v) is 8.50. The average Bonchev–Trinajstić information content (AvgIpc) is 2.54. The van der Waals surface area contributed by atoms with Crippen LogP contribution in [0.1, 0.15) is 33.6 Å². The van der Waals surface area contributed by atoms with E-state index in [4.69, 9.17) is 9.47 Å². The minimum Gasteiger partial charge on any atom is -0.444 e. The maximum atomic E-state index is 12.2. The highest BCUT2D eigenvalue weighted by molar-refractivity contribution is 5.69. The van der Waals surface area contributed by atoms with Gasteiger partial charge >= 0.3 is 11.9 Å². The molecule has 0 aromatic carbocycles. The lowest BCUT2D eigenvalue weighted by atomic mass is 9.88. The van der Waals surface area contributed by atoms with Crippen molar-refractivity contribution in [3.8, 4) is 0 Å². The summed E-state index contributed by atoms with van der Waals surface area (Å²) < 4.78 is 10.7. The number of rotatable bonds is 5. The van der Waals surface area contributed by atoms with Crippen molar-refractivity contribution in [1.82, 2.24) is 10.3 Å². The van der Waals surface area contributed by atoms with Crippen molar-refractivity contribution in [3.05, 3.63) is 28.4 Å². The second kappa shape index (κ2) is 7.86. The van der Waals surface area contributed by atoms with Gasteiger partial charge in [0.1, 0.15) is 17.5 Å². The van der Waals surface area contributed by atoms with Crippen LogP contribution in [0.2, 0.25) is 0 Å². The summed E-state index contributed by atoms with van der Waals surface area (Å²) in [5.41, 5.74) is -0.666. The standard InChI is InChI=1S/C17H26N4O5/c1-16(2,3)26-15(22)19-17(12-25-4)7-10-20(11-8-17)13-6-5-9-18-14(13)21(23)24/h5-6,9H,7-8,10-12H2,1-4H3,(H,19,22). The summed E-state index contributed by atoms with van der Waals surface area (Å²) in [6.45, 7) is 6.83. The van der Waals surface area contributed by atoms with E-state index in [0.717, 1.165) is 0 Å². The number of hydrogen-bond donors (Lipinski definition) is 1. The molecular formula is C17H26N4O5. The molecule has 0 radical (unpaired) electrons. The topological polar surface area (TPSA) is 107 Å². The Morgan fingerprint density at radius 3 is 2.62 bits per heavy atom. The van der Waals surface area contributed by atoms with Gasteiger partial charge in [-0.15, -0.1) is 0 Å². The fraction of sp³-hybridized carbons (Fsp3) is 0.647. The van der Waals surface area contributed by atoms with E-state index in [1.807, 2.05) is 4.90 Å². The monoisotopic (exact) mass is 366 g/mol. The van der Waals surface area contributed by atoms with Crippen LogP contribution in [0.15, 0.2) is 18.3 Å². The molecule has 0 unspecified atom stereocenters. The number of carbonyl (C=O) groups excluding carboxylic acids is 1. The number of ether oxygens (including phenoxy) is 2. The molecule has 1 aromatic rings. The molecule has 0 bridgehead atoms. The smallest absolute Gasteiger partial charge is 0.408 e. The van der Waals surface area contributed by atoms with Gasteiger partial charge < -0.3 is 29.8 Å². The zero-order chi connectivity index (χ0) is 19.4. The van der Waals surface area contributed by atoms with Gasteiger partial charge in [0.25, 0.3) is 0 Å². The van der Waals surface area contributed by atoms with Crippen molar-refractivity contribution in [1.29, 1.82) is 0 Å². The van der Waals surface area contributed by atoms with Crippen LogP contribution in [0.5, 0.6) is 0 Å². The number of piperidine rings is 1. The number of nitrogens with zero attached hydrogens (tertiary/aromatic N) is 3. The van der Waals surface area contributed by atoms with E-state index in [1.54, 1.807) is 40.0 Å². The van der Waals surface area contributed by atoms with Crippen LogP contribution in [0.4, 0.5) is 16.3 Å². The molecule has 1 aliphatic rings. The number of nitro groups is 1. The van der Waals surface area contributed by atoms with Crippen LogP contribution in [0.3, 0.4) is 0 Å². The number of hydrogen-bond acceptors (Lipinski definition) is 7. The van der Waals surface area contributed by atoms with Crippen molar-refractivity contribution in [3.63, 3.8) is 0 Å². The van der Waals surface area contributed by atoms with E-state index in [2.05, 4.69) is 10.3 Å². The Labute approximate surface area is 152 Å². The van der Waals surface area contributed by atoms with Crippen molar-refractivity contribution in [2.45, 2.75) is 44.8 Å². The van der Waals surface area contributed by atoms with E-state index >= 15 is 0 Å². The molecular weight excluding hydrogens is 340 g/mol. The van der Waals surface area contributed by atoms with Gasteiger partial charge in [-0.05, 0) is 55.7 Å². The fourth-order valence-corrected chi connectivity index (χ4v) is 3.05. The van der Waals surface area contributed by atoms with Crippen LogP contribution < -0.4 is 10.2 Å². The van der Waals surface area contributed by atoms with Crippen LogP contribution in [-0.2, 0) is 9.47 Å². The van der Waals surface area contributed by atoms with Crippen molar-refractivity contribution >= 4 is 17.6 Å². The largest absolute Gasteiger partial charge is 0.444 e. The number of nitrogens with one attached hydrogen (secondary N) is 1. The molecule has 9 nitrogen and oxygen atoms in total. The third kappa shape index (κ3) is 5.04. The third-order valence-electron chi connectivity index (χ3n) is 4.19. The van der Waals surface area contributed by atoms with Crippen LogP contribution in [-0.4, -0.2) is 53.9 Å². The number of methoxy groups -OCH3 is 1. The van der Waals surface area contributed by atoms with Gasteiger partial charge in [0.05, 0.1) is 12.1 Å². The van der Waals surface area contributed by atoms with Gasteiger partial charge in [-0.1, -0.05) is 0 Å². The number of carbonyl (C=O) groups is 1. The van der Waals surface area contributed by atoms with E-state index < -0.39 is 22.2 Å². The lowest BCUT2D eigenvalue weighted by molar-refractivity contribution is -0.388. The molecule has 2 heterocycles. The van der Waals surface area contributed by atoms with Gasteiger partial charge in [0, 0.05) is 20.2 Å².